The molecule has 2 rings (SSSR count). The molecule has 1 amide bonds. The summed E-state index contributed by atoms with van der Waals surface area (Å²) in [6, 6.07) is 10.6. The minimum atomic E-state index is -3.76. The van der Waals surface area contributed by atoms with Crippen LogP contribution < -0.4 is 9.62 Å². The number of para-hydroxylation sites is 1. The average molecular weight is 435 g/mol. The fourth-order valence-corrected chi connectivity index (χ4v) is 3.52. The van der Waals surface area contributed by atoms with E-state index in [0.29, 0.717) is 22.5 Å². The number of amides is 1. The van der Waals surface area contributed by atoms with Crippen molar-refractivity contribution in [1.29, 1.82) is 0 Å². The summed E-state index contributed by atoms with van der Waals surface area (Å²) in [5.74, 6) is -1.57. The van der Waals surface area contributed by atoms with Crippen LogP contribution in [-0.4, -0.2) is 44.6 Å². The molecule has 0 spiro atoms. The zero-order chi connectivity index (χ0) is 22.5. The first-order valence-electron chi connectivity index (χ1n) is 8.73. The number of hydrogen-bond donors (Lipinski definition) is 1. The molecular weight excluding hydrogens is 414 g/mol. The lowest BCUT2D eigenvalue weighted by Gasteiger charge is -2.23. The number of non-ortho nitro benzene ring substituents is 1. The van der Waals surface area contributed by atoms with Gasteiger partial charge in [0.2, 0.25) is 10.0 Å². The van der Waals surface area contributed by atoms with Crippen molar-refractivity contribution in [1.82, 2.24) is 0 Å². The number of nitrogens with zero attached hydrogens (tertiary/aromatic N) is 2. The number of carbonyl (C=O) groups is 2. The van der Waals surface area contributed by atoms with Crippen molar-refractivity contribution in [3.05, 3.63) is 63.7 Å². The van der Waals surface area contributed by atoms with E-state index < -0.39 is 40.0 Å². The van der Waals surface area contributed by atoms with Crippen molar-refractivity contribution in [2.45, 2.75) is 13.8 Å². The van der Waals surface area contributed by atoms with Gasteiger partial charge >= 0.3 is 5.97 Å². The van der Waals surface area contributed by atoms with Crippen molar-refractivity contribution in [2.75, 3.05) is 29.0 Å². The fourth-order valence-electron chi connectivity index (χ4n) is 2.62. The summed E-state index contributed by atoms with van der Waals surface area (Å²) in [4.78, 5) is 34.4. The molecule has 0 saturated heterocycles. The Bertz CT molecular complexity index is 1080. The van der Waals surface area contributed by atoms with Crippen molar-refractivity contribution in [2.24, 2.45) is 0 Å². The largest absolute Gasteiger partial charge is 0.454 e. The molecule has 1 N–H and O–H groups in total. The van der Waals surface area contributed by atoms with Crippen molar-refractivity contribution >= 4 is 39.0 Å². The molecule has 0 fully saturated rings. The smallest absolute Gasteiger partial charge is 0.327 e. The topological polar surface area (TPSA) is 136 Å². The van der Waals surface area contributed by atoms with Crippen LogP contribution >= 0.6 is 0 Å². The van der Waals surface area contributed by atoms with Crippen LogP contribution in [-0.2, 0) is 24.3 Å². The Morgan fingerprint density at radius 1 is 1.13 bits per heavy atom. The Hall–Kier alpha value is -3.47. The van der Waals surface area contributed by atoms with Gasteiger partial charge in [0.15, 0.2) is 6.61 Å². The minimum Gasteiger partial charge on any atom is -0.454 e. The highest BCUT2D eigenvalue weighted by molar-refractivity contribution is 7.92. The summed E-state index contributed by atoms with van der Waals surface area (Å²) in [7, 11) is -3.76. The molecule has 0 aliphatic heterocycles. The molecule has 0 heterocycles. The maximum atomic E-state index is 12.1. The predicted molar refractivity (Wildman–Crippen MR) is 111 cm³/mol. The first-order valence-corrected chi connectivity index (χ1v) is 10.6. The van der Waals surface area contributed by atoms with E-state index in [2.05, 4.69) is 5.32 Å². The van der Waals surface area contributed by atoms with Crippen LogP contribution in [0.4, 0.5) is 17.1 Å². The molecule has 0 atom stereocenters. The van der Waals surface area contributed by atoms with Crippen LogP contribution in [0.15, 0.2) is 42.5 Å². The highest BCUT2D eigenvalue weighted by Gasteiger charge is 2.23. The van der Waals surface area contributed by atoms with Gasteiger partial charge in [-0.05, 0) is 37.1 Å². The van der Waals surface area contributed by atoms with Crippen molar-refractivity contribution in [3.8, 4) is 0 Å². The summed E-state index contributed by atoms with van der Waals surface area (Å²) < 4.78 is 30.0. The summed E-state index contributed by atoms with van der Waals surface area (Å²) in [6.45, 7) is 2.06. The normalized spacial score (nSPS) is 10.9. The summed E-state index contributed by atoms with van der Waals surface area (Å²) >= 11 is 0. The maximum Gasteiger partial charge on any atom is 0.327 e. The summed E-state index contributed by atoms with van der Waals surface area (Å²) in [5.41, 5.74) is 1.67. The molecular formula is C19H21N3O7S. The van der Waals surface area contributed by atoms with E-state index in [-0.39, 0.29) is 5.69 Å². The van der Waals surface area contributed by atoms with E-state index in [1.165, 1.54) is 18.2 Å². The minimum absolute atomic E-state index is 0.117. The number of rotatable bonds is 8. The zero-order valence-electron chi connectivity index (χ0n) is 16.6. The summed E-state index contributed by atoms with van der Waals surface area (Å²) in [5, 5.41) is 13.2. The molecule has 0 aliphatic rings. The third-order valence-electron chi connectivity index (χ3n) is 4.12. The van der Waals surface area contributed by atoms with E-state index in [1.807, 2.05) is 0 Å². The highest BCUT2D eigenvalue weighted by atomic mass is 32.2. The van der Waals surface area contributed by atoms with Gasteiger partial charge < -0.3 is 10.1 Å². The number of hydrogen-bond acceptors (Lipinski definition) is 7. The first-order chi connectivity index (χ1) is 14.0. The van der Waals surface area contributed by atoms with Gasteiger partial charge in [-0.1, -0.05) is 18.2 Å². The van der Waals surface area contributed by atoms with Gasteiger partial charge in [0.25, 0.3) is 11.6 Å². The van der Waals surface area contributed by atoms with Gasteiger partial charge in [-0.15, -0.1) is 0 Å². The molecule has 11 heteroatoms. The second-order valence-electron chi connectivity index (χ2n) is 6.52. The van der Waals surface area contributed by atoms with Crippen LogP contribution in [0.2, 0.25) is 0 Å². The quantitative estimate of drug-likeness (QED) is 0.381. The number of nitrogens with one attached hydrogen (secondary N) is 1. The molecule has 2 aromatic rings. The first kappa shape index (κ1) is 22.8. The summed E-state index contributed by atoms with van der Waals surface area (Å²) in [6.07, 6.45) is 0.969. The Morgan fingerprint density at radius 2 is 1.80 bits per heavy atom. The molecule has 160 valence electrons. The number of esters is 1. The Kier molecular flexibility index (Phi) is 7.11. The second kappa shape index (κ2) is 9.35. The Morgan fingerprint density at radius 3 is 2.37 bits per heavy atom. The Labute approximate surface area is 173 Å². The molecule has 30 heavy (non-hydrogen) atoms. The van der Waals surface area contributed by atoms with Crippen molar-refractivity contribution in [3.63, 3.8) is 0 Å². The van der Waals surface area contributed by atoms with Gasteiger partial charge in [-0.25, -0.2) is 8.42 Å². The monoisotopic (exact) mass is 435 g/mol. The molecule has 0 bridgehead atoms. The van der Waals surface area contributed by atoms with E-state index >= 15 is 0 Å². The molecule has 0 radical (unpaired) electrons. The molecule has 10 nitrogen and oxygen atoms in total. The molecule has 0 unspecified atom stereocenters. The SMILES string of the molecule is Cc1cc([N+](=O)[O-])ccc1NC(=O)COC(=O)CN(c1ccccc1C)S(C)(=O)=O. The van der Waals surface area contributed by atoms with Gasteiger partial charge in [-0.3, -0.25) is 24.0 Å². The third-order valence-corrected chi connectivity index (χ3v) is 5.24. The van der Waals surface area contributed by atoms with E-state index in [4.69, 9.17) is 4.74 Å². The zero-order valence-corrected chi connectivity index (χ0v) is 17.4. The number of ether oxygens (including phenoxy) is 1. The van der Waals surface area contributed by atoms with Gasteiger partial charge in [0.1, 0.15) is 6.54 Å². The van der Waals surface area contributed by atoms with E-state index in [1.54, 1.807) is 38.1 Å². The maximum absolute atomic E-state index is 12.1. The number of aryl methyl sites for hydroxylation is 2. The third kappa shape index (κ3) is 6.01. The van der Waals surface area contributed by atoms with Crippen LogP contribution in [0, 0.1) is 24.0 Å². The van der Waals surface area contributed by atoms with Crippen LogP contribution in [0.1, 0.15) is 11.1 Å². The fraction of sp³-hybridized carbons (Fsp3) is 0.263. The number of benzene rings is 2. The number of nitro benzene ring substituents is 1. The predicted octanol–water partition coefficient (Wildman–Crippen LogP) is 2.16. The van der Waals surface area contributed by atoms with Crippen LogP contribution in [0.5, 0.6) is 0 Å². The number of nitro groups is 1. The average Bonchev–Trinajstić information content (AvgIpc) is 2.66. The highest BCUT2D eigenvalue weighted by Crippen LogP contribution is 2.22. The molecule has 0 saturated carbocycles. The molecule has 2 aromatic carbocycles. The lowest BCUT2D eigenvalue weighted by molar-refractivity contribution is -0.384. The lowest BCUT2D eigenvalue weighted by atomic mass is 10.2. The second-order valence-corrected chi connectivity index (χ2v) is 8.43. The molecule has 0 aliphatic carbocycles. The standard InChI is InChI=1S/C19H21N3O7S/c1-13-6-4-5-7-17(13)21(30(3,27)28)11-19(24)29-12-18(23)20-16-9-8-15(22(25)26)10-14(16)2/h4-10H,11-12H2,1-3H3,(H,20,23). The van der Waals surface area contributed by atoms with Crippen LogP contribution in [0.3, 0.4) is 0 Å². The number of carbonyl (C=O) groups excluding carboxylic acids is 2. The lowest BCUT2D eigenvalue weighted by Crippen LogP contribution is -2.37. The van der Waals surface area contributed by atoms with Crippen LogP contribution in [0.25, 0.3) is 0 Å². The van der Waals surface area contributed by atoms with Gasteiger partial charge in [0.05, 0.1) is 16.9 Å². The van der Waals surface area contributed by atoms with Crippen molar-refractivity contribution < 1.29 is 27.7 Å². The number of sulfonamides is 1. The number of anilines is 2. The Balaban J connectivity index is 2.00. The van der Waals surface area contributed by atoms with Gasteiger partial charge in [0, 0.05) is 17.8 Å². The van der Waals surface area contributed by atoms with Gasteiger partial charge in [-0.2, -0.15) is 0 Å². The molecule has 0 aromatic heterocycles. The van der Waals surface area contributed by atoms with E-state index in [0.717, 1.165) is 10.6 Å². The van der Waals surface area contributed by atoms with E-state index in [9.17, 15) is 28.1 Å².